The summed E-state index contributed by atoms with van der Waals surface area (Å²) in [6.07, 6.45) is 10.4. The molecule has 1 aromatic carbocycles. The van der Waals surface area contributed by atoms with Crippen molar-refractivity contribution in [3.05, 3.63) is 35.9 Å². The smallest absolute Gasteiger partial charge is 0.279 e. The molecule has 0 radical (unpaired) electrons. The van der Waals surface area contributed by atoms with Crippen molar-refractivity contribution in [1.82, 2.24) is 0 Å². The van der Waals surface area contributed by atoms with E-state index in [0.29, 0.717) is 12.0 Å². The van der Waals surface area contributed by atoms with E-state index in [1.165, 1.54) is 32.1 Å². The molecular formula is C19H30O4S. The maximum atomic E-state index is 12.3. The van der Waals surface area contributed by atoms with Crippen LogP contribution in [0, 0.1) is 0 Å². The average Bonchev–Trinajstić information content (AvgIpc) is 2.53. The van der Waals surface area contributed by atoms with E-state index in [1.807, 2.05) is 0 Å². The van der Waals surface area contributed by atoms with Crippen molar-refractivity contribution in [2.75, 3.05) is 0 Å². The van der Waals surface area contributed by atoms with Crippen molar-refractivity contribution in [2.24, 2.45) is 0 Å². The van der Waals surface area contributed by atoms with E-state index in [0.717, 1.165) is 19.3 Å². The molecule has 0 aliphatic heterocycles. The van der Waals surface area contributed by atoms with E-state index in [9.17, 15) is 17.8 Å². The molecule has 1 unspecified atom stereocenters. The van der Waals surface area contributed by atoms with Crippen LogP contribution in [-0.2, 0) is 14.9 Å². The third-order valence-electron chi connectivity index (χ3n) is 4.22. The molecule has 1 N–H and O–H groups in total. The molecule has 0 aromatic heterocycles. The van der Waals surface area contributed by atoms with Crippen LogP contribution in [0.2, 0.25) is 0 Å². The van der Waals surface area contributed by atoms with Crippen LogP contribution in [0.4, 0.5) is 0 Å². The van der Waals surface area contributed by atoms with Crippen LogP contribution in [0.3, 0.4) is 0 Å². The van der Waals surface area contributed by atoms with Gasteiger partial charge in [-0.1, -0.05) is 88.6 Å². The number of hydrogen-bond donors (Lipinski definition) is 1. The van der Waals surface area contributed by atoms with Gasteiger partial charge >= 0.3 is 0 Å². The highest BCUT2D eigenvalue weighted by molar-refractivity contribution is 7.86. The summed E-state index contributed by atoms with van der Waals surface area (Å²) in [6, 6.07) is 8.20. The summed E-state index contributed by atoms with van der Waals surface area (Å²) in [4.78, 5) is 12.3. The summed E-state index contributed by atoms with van der Waals surface area (Å²) in [5.74, 6) is -0.424. The third-order valence-corrected chi connectivity index (χ3v) is 5.35. The molecule has 0 saturated heterocycles. The molecule has 4 nitrogen and oxygen atoms in total. The minimum absolute atomic E-state index is 0.190. The topological polar surface area (TPSA) is 71.4 Å². The van der Waals surface area contributed by atoms with Crippen molar-refractivity contribution in [1.29, 1.82) is 0 Å². The molecule has 0 amide bonds. The number of hydrogen-bond acceptors (Lipinski definition) is 3. The Labute approximate surface area is 146 Å². The van der Waals surface area contributed by atoms with Gasteiger partial charge in [-0.3, -0.25) is 9.35 Å². The molecule has 1 aromatic rings. The fraction of sp³-hybridized carbons (Fsp3) is 0.632. The Morgan fingerprint density at radius 2 is 1.42 bits per heavy atom. The Hall–Kier alpha value is -1.20. The molecule has 0 saturated carbocycles. The minimum atomic E-state index is -4.43. The number of carbonyl (C=O) groups excluding carboxylic acids is 1. The number of carbonyl (C=O) groups is 1. The van der Waals surface area contributed by atoms with Gasteiger partial charge in [0.2, 0.25) is 0 Å². The summed E-state index contributed by atoms with van der Waals surface area (Å²) < 4.78 is 32.5. The van der Waals surface area contributed by atoms with Crippen LogP contribution >= 0.6 is 0 Å². The molecule has 0 aliphatic carbocycles. The average molecular weight is 355 g/mol. The monoisotopic (exact) mass is 354 g/mol. The Morgan fingerprint density at radius 3 is 1.92 bits per heavy atom. The van der Waals surface area contributed by atoms with Gasteiger partial charge in [0.1, 0.15) is 0 Å². The zero-order valence-electron chi connectivity index (χ0n) is 14.6. The minimum Gasteiger partial charge on any atom is -0.298 e. The number of unbranched alkanes of at least 4 members (excludes halogenated alkanes) is 8. The number of benzene rings is 1. The molecule has 0 aliphatic rings. The van der Waals surface area contributed by atoms with Crippen LogP contribution in [0.5, 0.6) is 0 Å². The molecule has 136 valence electrons. The first-order valence-electron chi connectivity index (χ1n) is 9.00. The maximum absolute atomic E-state index is 12.3. The van der Waals surface area contributed by atoms with E-state index >= 15 is 0 Å². The van der Waals surface area contributed by atoms with Gasteiger partial charge in [-0.25, -0.2) is 0 Å². The molecule has 0 heterocycles. The standard InChI is InChI=1S/C19H30O4S/c1-2-3-4-5-6-7-8-9-13-16-18(20)19(24(21,22)23)17-14-11-10-12-15-17/h10-12,14-15,19H,2-9,13,16H2,1H3,(H,21,22,23). The lowest BCUT2D eigenvalue weighted by molar-refractivity contribution is -0.119. The molecule has 5 heteroatoms. The fourth-order valence-corrected chi connectivity index (χ4v) is 3.84. The van der Waals surface area contributed by atoms with E-state index in [-0.39, 0.29) is 6.42 Å². The van der Waals surface area contributed by atoms with Gasteiger partial charge in [0.15, 0.2) is 11.0 Å². The number of ketones is 1. The summed E-state index contributed by atoms with van der Waals surface area (Å²) in [7, 11) is -4.43. The predicted octanol–water partition coefficient (Wildman–Crippen LogP) is 5.11. The van der Waals surface area contributed by atoms with Crippen molar-refractivity contribution in [3.8, 4) is 0 Å². The first-order valence-corrected chi connectivity index (χ1v) is 10.5. The van der Waals surface area contributed by atoms with Gasteiger partial charge in [0.25, 0.3) is 10.1 Å². The van der Waals surface area contributed by atoms with E-state index in [1.54, 1.807) is 30.3 Å². The van der Waals surface area contributed by atoms with Crippen molar-refractivity contribution in [3.63, 3.8) is 0 Å². The van der Waals surface area contributed by atoms with Gasteiger partial charge < -0.3 is 0 Å². The highest BCUT2D eigenvalue weighted by Gasteiger charge is 2.31. The van der Waals surface area contributed by atoms with E-state index < -0.39 is 21.2 Å². The summed E-state index contributed by atoms with van der Waals surface area (Å²) >= 11 is 0. The van der Waals surface area contributed by atoms with Gasteiger partial charge in [0, 0.05) is 6.42 Å². The third kappa shape index (κ3) is 8.06. The Bertz CT molecular complexity index is 566. The van der Waals surface area contributed by atoms with Crippen LogP contribution in [0.25, 0.3) is 0 Å². The van der Waals surface area contributed by atoms with Crippen LogP contribution in [0.1, 0.15) is 81.9 Å². The number of Topliss-reactive ketones (excluding diaryl/α,β-unsaturated/α-hetero) is 1. The van der Waals surface area contributed by atoms with Crippen molar-refractivity contribution >= 4 is 15.9 Å². The molecule has 0 bridgehead atoms. The van der Waals surface area contributed by atoms with Gasteiger partial charge in [0.05, 0.1) is 0 Å². The highest BCUT2D eigenvalue weighted by Crippen LogP contribution is 2.25. The molecule has 0 fully saturated rings. The van der Waals surface area contributed by atoms with E-state index in [2.05, 4.69) is 6.92 Å². The second-order valence-electron chi connectivity index (χ2n) is 6.35. The Morgan fingerprint density at radius 1 is 0.917 bits per heavy atom. The van der Waals surface area contributed by atoms with E-state index in [4.69, 9.17) is 0 Å². The van der Waals surface area contributed by atoms with Crippen LogP contribution < -0.4 is 0 Å². The maximum Gasteiger partial charge on any atom is 0.279 e. The van der Waals surface area contributed by atoms with Gasteiger partial charge in [-0.15, -0.1) is 0 Å². The highest BCUT2D eigenvalue weighted by atomic mass is 32.2. The van der Waals surface area contributed by atoms with Gasteiger partial charge in [-0.2, -0.15) is 8.42 Å². The molecule has 0 spiro atoms. The lowest BCUT2D eigenvalue weighted by Gasteiger charge is -2.13. The Balaban J connectivity index is 2.34. The second kappa shape index (κ2) is 11.4. The van der Waals surface area contributed by atoms with Crippen molar-refractivity contribution in [2.45, 2.75) is 76.4 Å². The number of rotatable bonds is 13. The summed E-state index contributed by atoms with van der Waals surface area (Å²) in [5.41, 5.74) is 0.334. The van der Waals surface area contributed by atoms with Gasteiger partial charge in [-0.05, 0) is 12.0 Å². The molecular weight excluding hydrogens is 324 g/mol. The Kier molecular flexibility index (Phi) is 9.88. The zero-order valence-corrected chi connectivity index (χ0v) is 15.4. The lowest BCUT2D eigenvalue weighted by atomic mass is 10.0. The fourth-order valence-electron chi connectivity index (χ4n) is 2.89. The zero-order chi connectivity index (χ0) is 17.8. The second-order valence-corrected chi connectivity index (χ2v) is 7.85. The quantitative estimate of drug-likeness (QED) is 0.395. The van der Waals surface area contributed by atoms with Crippen LogP contribution in [0.15, 0.2) is 30.3 Å². The predicted molar refractivity (Wildman–Crippen MR) is 97.6 cm³/mol. The van der Waals surface area contributed by atoms with Crippen LogP contribution in [-0.4, -0.2) is 18.8 Å². The normalized spacial score (nSPS) is 12.9. The summed E-state index contributed by atoms with van der Waals surface area (Å²) in [6.45, 7) is 2.20. The summed E-state index contributed by atoms with van der Waals surface area (Å²) in [5, 5.41) is -1.45. The first-order chi connectivity index (χ1) is 11.5. The molecule has 1 atom stereocenters. The SMILES string of the molecule is CCCCCCCCCCCC(=O)C(c1ccccc1)S(=O)(=O)O. The lowest BCUT2D eigenvalue weighted by Crippen LogP contribution is -2.21. The first kappa shape index (κ1) is 20.8. The molecule has 24 heavy (non-hydrogen) atoms. The van der Waals surface area contributed by atoms with Crippen molar-refractivity contribution < 1.29 is 17.8 Å². The molecule has 1 rings (SSSR count). The largest absolute Gasteiger partial charge is 0.298 e.